The number of nitrogens with one attached hydrogen (secondary N) is 1. The quantitative estimate of drug-likeness (QED) is 0.858. The summed E-state index contributed by atoms with van der Waals surface area (Å²) in [7, 11) is 1.51. The number of carbonyl (C=O) groups is 1. The van der Waals surface area contributed by atoms with Crippen LogP contribution in [0.25, 0.3) is 0 Å². The van der Waals surface area contributed by atoms with Gasteiger partial charge in [-0.1, -0.05) is 15.9 Å². The zero-order chi connectivity index (χ0) is 15.3. The Hall–Kier alpha value is -1.27. The molecule has 0 saturated carbocycles. The number of hydrogen-bond acceptors (Lipinski definition) is 4. The maximum atomic E-state index is 11.7. The van der Waals surface area contributed by atoms with Gasteiger partial charge in [-0.2, -0.15) is 0 Å². The largest absolute Gasteiger partial charge is 0.493 e. The first-order chi connectivity index (χ1) is 9.26. The number of ether oxygens (including phenoxy) is 2. The zero-order valence-electron chi connectivity index (χ0n) is 12.1. The van der Waals surface area contributed by atoms with E-state index < -0.39 is 0 Å². The fourth-order valence-electron chi connectivity index (χ4n) is 1.57. The average molecular weight is 346 g/mol. The summed E-state index contributed by atoms with van der Waals surface area (Å²) in [5.41, 5.74) is 0.389. The fourth-order valence-corrected chi connectivity index (χ4v) is 2.02. The van der Waals surface area contributed by atoms with Crippen LogP contribution in [0.4, 0.5) is 0 Å². The minimum atomic E-state index is -0.300. The van der Waals surface area contributed by atoms with Crippen LogP contribution in [0.2, 0.25) is 0 Å². The van der Waals surface area contributed by atoms with Crippen LogP contribution >= 0.6 is 15.9 Å². The molecule has 1 aromatic rings. The maximum Gasteiger partial charge on any atom is 0.258 e. The molecule has 5 nitrogen and oxygen atoms in total. The molecule has 0 saturated heterocycles. The molecule has 0 unspecified atom stereocenters. The minimum Gasteiger partial charge on any atom is -0.493 e. The van der Waals surface area contributed by atoms with Crippen molar-refractivity contribution in [2.24, 2.45) is 0 Å². The van der Waals surface area contributed by atoms with Crippen LogP contribution in [0.5, 0.6) is 11.5 Å². The lowest BCUT2D eigenvalue weighted by atomic mass is 10.1. The number of carbonyl (C=O) groups excluding carboxylic acids is 1. The fraction of sp³-hybridized carbons (Fsp3) is 0.500. The van der Waals surface area contributed by atoms with Crippen molar-refractivity contribution in [2.75, 3.05) is 13.7 Å². The van der Waals surface area contributed by atoms with Gasteiger partial charge in [0.1, 0.15) is 0 Å². The number of halogens is 1. The smallest absolute Gasteiger partial charge is 0.258 e. The molecule has 0 spiro atoms. The van der Waals surface area contributed by atoms with E-state index in [1.807, 2.05) is 20.8 Å². The van der Waals surface area contributed by atoms with Crippen molar-refractivity contribution in [3.8, 4) is 11.5 Å². The molecule has 0 aliphatic carbocycles. The van der Waals surface area contributed by atoms with Gasteiger partial charge in [0, 0.05) is 10.0 Å². The SMILES string of the molecule is COc1cc(CO)c(Br)cc1OCC(=O)NC(C)(C)C. The Bertz CT molecular complexity index is 483. The van der Waals surface area contributed by atoms with Gasteiger partial charge < -0.3 is 19.9 Å². The van der Waals surface area contributed by atoms with Gasteiger partial charge in [-0.3, -0.25) is 4.79 Å². The van der Waals surface area contributed by atoms with Gasteiger partial charge >= 0.3 is 0 Å². The first kappa shape index (κ1) is 16.8. The molecule has 20 heavy (non-hydrogen) atoms. The summed E-state index contributed by atoms with van der Waals surface area (Å²) in [4.78, 5) is 11.7. The van der Waals surface area contributed by atoms with Gasteiger partial charge in [-0.15, -0.1) is 0 Å². The van der Waals surface area contributed by atoms with Crippen molar-refractivity contribution in [1.82, 2.24) is 5.32 Å². The number of methoxy groups -OCH3 is 1. The molecule has 2 N–H and O–H groups in total. The molecule has 6 heteroatoms. The van der Waals surface area contributed by atoms with E-state index in [0.29, 0.717) is 21.5 Å². The third-order valence-electron chi connectivity index (χ3n) is 2.38. The molecule has 0 radical (unpaired) electrons. The molecule has 112 valence electrons. The minimum absolute atomic E-state index is 0.0987. The predicted octanol–water partition coefficient (Wildman–Crippen LogP) is 2.24. The third-order valence-corrected chi connectivity index (χ3v) is 3.11. The van der Waals surface area contributed by atoms with Crippen molar-refractivity contribution in [3.63, 3.8) is 0 Å². The number of aliphatic hydroxyl groups excluding tert-OH is 1. The molecular formula is C14H20BrNO4. The van der Waals surface area contributed by atoms with Crippen LogP contribution in [0.1, 0.15) is 26.3 Å². The number of benzene rings is 1. The molecule has 0 fully saturated rings. The number of amides is 1. The zero-order valence-corrected chi connectivity index (χ0v) is 13.7. The van der Waals surface area contributed by atoms with Crippen LogP contribution in [-0.4, -0.2) is 30.3 Å². The van der Waals surface area contributed by atoms with E-state index >= 15 is 0 Å². The highest BCUT2D eigenvalue weighted by atomic mass is 79.9. The Balaban J connectivity index is 2.77. The average Bonchev–Trinajstić information content (AvgIpc) is 2.34. The highest BCUT2D eigenvalue weighted by Crippen LogP contribution is 2.33. The van der Waals surface area contributed by atoms with Crippen LogP contribution in [0, 0.1) is 0 Å². The van der Waals surface area contributed by atoms with E-state index in [2.05, 4.69) is 21.2 Å². The molecule has 1 amide bonds. The summed E-state index contributed by atoms with van der Waals surface area (Å²) >= 11 is 3.33. The van der Waals surface area contributed by atoms with Crippen LogP contribution in [0.15, 0.2) is 16.6 Å². The van der Waals surface area contributed by atoms with E-state index in [1.165, 1.54) is 7.11 Å². The lowest BCUT2D eigenvalue weighted by Gasteiger charge is -2.21. The molecule has 0 aliphatic heterocycles. The first-order valence-electron chi connectivity index (χ1n) is 6.18. The molecule has 1 rings (SSSR count). The maximum absolute atomic E-state index is 11.7. The van der Waals surface area contributed by atoms with Crippen LogP contribution in [-0.2, 0) is 11.4 Å². The van der Waals surface area contributed by atoms with Gasteiger partial charge in [0.25, 0.3) is 5.91 Å². The molecule has 0 aromatic heterocycles. The highest BCUT2D eigenvalue weighted by molar-refractivity contribution is 9.10. The van der Waals surface area contributed by atoms with Crippen molar-refractivity contribution in [3.05, 3.63) is 22.2 Å². The Morgan fingerprint density at radius 2 is 2.00 bits per heavy atom. The molecule has 0 aliphatic rings. The monoisotopic (exact) mass is 345 g/mol. The van der Waals surface area contributed by atoms with E-state index in [9.17, 15) is 9.90 Å². The van der Waals surface area contributed by atoms with Crippen molar-refractivity contribution in [2.45, 2.75) is 32.9 Å². The number of hydrogen-bond donors (Lipinski definition) is 2. The Kier molecular flexibility index (Phi) is 5.83. The topological polar surface area (TPSA) is 67.8 Å². The lowest BCUT2D eigenvalue weighted by molar-refractivity contribution is -0.124. The molecule has 1 aromatic carbocycles. The van der Waals surface area contributed by atoms with E-state index in [-0.39, 0.29) is 24.7 Å². The van der Waals surface area contributed by atoms with Crippen LogP contribution in [0.3, 0.4) is 0 Å². The van der Waals surface area contributed by atoms with E-state index in [4.69, 9.17) is 9.47 Å². The van der Waals surface area contributed by atoms with Gasteiger partial charge in [0.05, 0.1) is 13.7 Å². The number of rotatable bonds is 5. The first-order valence-corrected chi connectivity index (χ1v) is 6.97. The summed E-state index contributed by atoms with van der Waals surface area (Å²) in [5.74, 6) is 0.711. The van der Waals surface area contributed by atoms with E-state index in [1.54, 1.807) is 12.1 Å². The summed E-state index contributed by atoms with van der Waals surface area (Å²) in [6, 6.07) is 3.34. The van der Waals surface area contributed by atoms with Gasteiger partial charge in [-0.05, 0) is 38.5 Å². The molecule has 0 heterocycles. The normalized spacial score (nSPS) is 11.1. The molecule has 0 atom stereocenters. The standard InChI is InChI=1S/C14H20BrNO4/c1-14(2,3)16-13(18)8-20-12-6-10(15)9(7-17)5-11(12)19-4/h5-6,17H,7-8H2,1-4H3,(H,16,18). The third kappa shape index (κ3) is 5.02. The Morgan fingerprint density at radius 3 is 2.50 bits per heavy atom. The second-order valence-corrected chi connectivity index (χ2v) is 6.19. The Labute approximate surface area is 127 Å². The summed E-state index contributed by atoms with van der Waals surface area (Å²) < 4.78 is 11.4. The van der Waals surface area contributed by atoms with E-state index in [0.717, 1.165) is 0 Å². The van der Waals surface area contributed by atoms with Crippen molar-refractivity contribution >= 4 is 21.8 Å². The highest BCUT2D eigenvalue weighted by Gasteiger charge is 2.16. The van der Waals surface area contributed by atoms with Gasteiger partial charge in [-0.25, -0.2) is 0 Å². The Morgan fingerprint density at radius 1 is 1.35 bits per heavy atom. The second-order valence-electron chi connectivity index (χ2n) is 5.34. The van der Waals surface area contributed by atoms with Gasteiger partial charge in [0.15, 0.2) is 18.1 Å². The summed E-state index contributed by atoms with van der Waals surface area (Å²) in [6.07, 6.45) is 0. The van der Waals surface area contributed by atoms with Crippen molar-refractivity contribution in [1.29, 1.82) is 0 Å². The van der Waals surface area contributed by atoms with Crippen molar-refractivity contribution < 1.29 is 19.4 Å². The molecule has 0 bridgehead atoms. The summed E-state index contributed by atoms with van der Waals surface area (Å²) in [6.45, 7) is 5.49. The second kappa shape index (κ2) is 6.95. The van der Waals surface area contributed by atoms with Crippen LogP contribution < -0.4 is 14.8 Å². The lowest BCUT2D eigenvalue weighted by Crippen LogP contribution is -2.43. The number of aliphatic hydroxyl groups is 1. The van der Waals surface area contributed by atoms with Gasteiger partial charge in [0.2, 0.25) is 0 Å². The summed E-state index contributed by atoms with van der Waals surface area (Å²) in [5, 5.41) is 12.0. The predicted molar refractivity (Wildman–Crippen MR) is 80.0 cm³/mol. The molecular weight excluding hydrogens is 326 g/mol.